The molecule has 0 aliphatic heterocycles. The van der Waals surface area contributed by atoms with Crippen LogP contribution in [0.15, 0.2) is 41.2 Å². The maximum absolute atomic E-state index is 12.1. The number of aromatic nitrogens is 1. The van der Waals surface area contributed by atoms with E-state index in [2.05, 4.69) is 6.92 Å². The van der Waals surface area contributed by atoms with Crippen molar-refractivity contribution in [3.05, 3.63) is 52.3 Å². The van der Waals surface area contributed by atoms with Crippen molar-refractivity contribution in [1.82, 2.24) is 4.57 Å². The zero-order valence-corrected chi connectivity index (χ0v) is 11.9. The number of rotatable bonds is 5. The van der Waals surface area contributed by atoms with Gasteiger partial charge in [0.1, 0.15) is 5.75 Å². The van der Waals surface area contributed by atoms with Crippen molar-refractivity contribution in [2.45, 2.75) is 19.9 Å². The van der Waals surface area contributed by atoms with Gasteiger partial charge in [0, 0.05) is 19.2 Å². The highest BCUT2D eigenvalue weighted by Gasteiger charge is 2.06. The molecule has 1 heterocycles. The van der Waals surface area contributed by atoms with Gasteiger partial charge in [0.15, 0.2) is 0 Å². The highest BCUT2D eigenvalue weighted by molar-refractivity contribution is 5.60. The highest BCUT2D eigenvalue weighted by Crippen LogP contribution is 2.21. The zero-order chi connectivity index (χ0) is 14.5. The van der Waals surface area contributed by atoms with Gasteiger partial charge in [0.2, 0.25) is 0 Å². The third-order valence-corrected chi connectivity index (χ3v) is 3.23. The minimum atomic E-state index is -0.0451. The van der Waals surface area contributed by atoms with E-state index >= 15 is 0 Å². The fourth-order valence-electron chi connectivity index (χ4n) is 2.07. The SMILES string of the molecule is CCCOc1ccc(-c2ccc(CN)c(=O)n2C)cc1. The number of benzene rings is 1. The Morgan fingerprint density at radius 1 is 1.15 bits per heavy atom. The largest absolute Gasteiger partial charge is 0.494 e. The summed E-state index contributed by atoms with van der Waals surface area (Å²) in [6.45, 7) is 3.04. The van der Waals surface area contributed by atoms with Crippen LogP contribution in [0, 0.1) is 0 Å². The lowest BCUT2D eigenvalue weighted by molar-refractivity contribution is 0.317. The van der Waals surface area contributed by atoms with Crippen molar-refractivity contribution in [2.24, 2.45) is 12.8 Å². The first-order valence-corrected chi connectivity index (χ1v) is 6.79. The quantitative estimate of drug-likeness (QED) is 0.908. The van der Waals surface area contributed by atoms with Gasteiger partial charge in [0.05, 0.1) is 12.3 Å². The molecule has 1 aromatic carbocycles. The van der Waals surface area contributed by atoms with Crippen molar-refractivity contribution in [3.63, 3.8) is 0 Å². The minimum absolute atomic E-state index is 0.0451. The number of hydrogen-bond acceptors (Lipinski definition) is 3. The van der Waals surface area contributed by atoms with E-state index in [0.29, 0.717) is 12.2 Å². The summed E-state index contributed by atoms with van der Waals surface area (Å²) in [5.41, 5.74) is 7.98. The van der Waals surface area contributed by atoms with Gasteiger partial charge in [-0.15, -0.1) is 0 Å². The van der Waals surface area contributed by atoms with Gasteiger partial charge >= 0.3 is 0 Å². The molecular formula is C16H20N2O2. The molecular weight excluding hydrogens is 252 g/mol. The number of pyridine rings is 1. The van der Waals surface area contributed by atoms with Crippen LogP contribution in [0.3, 0.4) is 0 Å². The standard InChI is InChI=1S/C16H20N2O2/c1-3-10-20-14-7-4-12(5-8-14)15-9-6-13(11-17)16(19)18(15)2/h4-9H,3,10-11,17H2,1-2H3. The lowest BCUT2D eigenvalue weighted by Crippen LogP contribution is -2.23. The third kappa shape index (κ3) is 2.91. The number of nitrogens with two attached hydrogens (primary N) is 1. The van der Waals surface area contributed by atoms with Gasteiger partial charge in [-0.05, 0) is 42.3 Å². The Labute approximate surface area is 118 Å². The Hall–Kier alpha value is -2.07. The monoisotopic (exact) mass is 272 g/mol. The van der Waals surface area contributed by atoms with E-state index in [1.165, 1.54) is 0 Å². The second-order valence-electron chi connectivity index (χ2n) is 4.68. The van der Waals surface area contributed by atoms with Gasteiger partial charge in [-0.25, -0.2) is 0 Å². The molecule has 0 saturated carbocycles. The molecule has 20 heavy (non-hydrogen) atoms. The second kappa shape index (κ2) is 6.39. The number of nitrogens with zero attached hydrogens (tertiary/aromatic N) is 1. The molecule has 2 N–H and O–H groups in total. The molecule has 2 rings (SSSR count). The lowest BCUT2D eigenvalue weighted by atomic mass is 10.1. The first-order valence-electron chi connectivity index (χ1n) is 6.79. The van der Waals surface area contributed by atoms with Gasteiger partial charge in [-0.2, -0.15) is 0 Å². The molecule has 4 heteroatoms. The van der Waals surface area contributed by atoms with E-state index in [-0.39, 0.29) is 12.1 Å². The van der Waals surface area contributed by atoms with Crippen LogP contribution in [0.1, 0.15) is 18.9 Å². The molecule has 1 aromatic heterocycles. The van der Waals surface area contributed by atoms with Gasteiger partial charge in [0.25, 0.3) is 5.56 Å². The predicted octanol–water partition coefficient (Wildman–Crippen LogP) is 2.30. The molecule has 2 aromatic rings. The summed E-state index contributed by atoms with van der Waals surface area (Å²) in [5, 5.41) is 0. The zero-order valence-electron chi connectivity index (χ0n) is 11.9. The van der Waals surface area contributed by atoms with E-state index < -0.39 is 0 Å². The maximum atomic E-state index is 12.1. The molecule has 4 nitrogen and oxygen atoms in total. The fraction of sp³-hybridized carbons (Fsp3) is 0.312. The van der Waals surface area contributed by atoms with Crippen LogP contribution in [0.25, 0.3) is 11.3 Å². The van der Waals surface area contributed by atoms with Crippen molar-refractivity contribution in [2.75, 3.05) is 6.61 Å². The normalized spacial score (nSPS) is 10.6. The topological polar surface area (TPSA) is 57.2 Å². The summed E-state index contributed by atoms with van der Waals surface area (Å²) in [7, 11) is 1.76. The van der Waals surface area contributed by atoms with Crippen molar-refractivity contribution in [3.8, 4) is 17.0 Å². The van der Waals surface area contributed by atoms with Crippen LogP contribution in [-0.4, -0.2) is 11.2 Å². The van der Waals surface area contributed by atoms with Crippen LogP contribution < -0.4 is 16.0 Å². The van der Waals surface area contributed by atoms with E-state index in [1.54, 1.807) is 17.7 Å². The molecule has 0 bridgehead atoms. The van der Waals surface area contributed by atoms with Gasteiger partial charge in [-0.1, -0.05) is 13.0 Å². The Morgan fingerprint density at radius 3 is 2.45 bits per heavy atom. The van der Waals surface area contributed by atoms with Crippen molar-refractivity contribution in [1.29, 1.82) is 0 Å². The summed E-state index contributed by atoms with van der Waals surface area (Å²) in [6, 6.07) is 11.5. The summed E-state index contributed by atoms with van der Waals surface area (Å²) < 4.78 is 7.18. The Bertz CT molecular complexity index is 630. The van der Waals surface area contributed by atoms with E-state index in [4.69, 9.17) is 10.5 Å². The van der Waals surface area contributed by atoms with Crippen molar-refractivity contribution >= 4 is 0 Å². The minimum Gasteiger partial charge on any atom is -0.494 e. The van der Waals surface area contributed by atoms with Gasteiger partial charge < -0.3 is 15.0 Å². The molecule has 0 unspecified atom stereocenters. The first-order chi connectivity index (χ1) is 9.67. The first kappa shape index (κ1) is 14.3. The molecule has 0 aliphatic rings. The molecule has 106 valence electrons. The average molecular weight is 272 g/mol. The Balaban J connectivity index is 2.32. The maximum Gasteiger partial charge on any atom is 0.255 e. The summed E-state index contributed by atoms with van der Waals surface area (Å²) in [6.07, 6.45) is 0.983. The second-order valence-corrected chi connectivity index (χ2v) is 4.68. The third-order valence-electron chi connectivity index (χ3n) is 3.23. The Morgan fingerprint density at radius 2 is 1.85 bits per heavy atom. The molecule has 0 aliphatic carbocycles. The number of ether oxygens (including phenoxy) is 1. The molecule has 0 amide bonds. The van der Waals surface area contributed by atoms with Crippen LogP contribution >= 0.6 is 0 Å². The summed E-state index contributed by atoms with van der Waals surface area (Å²) in [5.74, 6) is 0.846. The van der Waals surface area contributed by atoms with Crippen LogP contribution in [-0.2, 0) is 13.6 Å². The molecule has 0 atom stereocenters. The van der Waals surface area contributed by atoms with Crippen LogP contribution in [0.2, 0.25) is 0 Å². The van der Waals surface area contributed by atoms with Crippen LogP contribution in [0.4, 0.5) is 0 Å². The van der Waals surface area contributed by atoms with E-state index in [9.17, 15) is 4.79 Å². The fourth-order valence-corrected chi connectivity index (χ4v) is 2.07. The number of hydrogen-bond donors (Lipinski definition) is 1. The highest BCUT2D eigenvalue weighted by atomic mass is 16.5. The van der Waals surface area contributed by atoms with E-state index in [1.807, 2.05) is 30.3 Å². The lowest BCUT2D eigenvalue weighted by Gasteiger charge is -2.11. The van der Waals surface area contributed by atoms with Crippen LogP contribution in [0.5, 0.6) is 5.75 Å². The summed E-state index contributed by atoms with van der Waals surface area (Å²) >= 11 is 0. The molecule has 0 fully saturated rings. The molecule has 0 saturated heterocycles. The summed E-state index contributed by atoms with van der Waals surface area (Å²) in [4.78, 5) is 12.1. The molecule has 0 radical (unpaired) electrons. The average Bonchev–Trinajstić information content (AvgIpc) is 2.48. The van der Waals surface area contributed by atoms with E-state index in [0.717, 1.165) is 23.4 Å². The van der Waals surface area contributed by atoms with Crippen molar-refractivity contribution < 1.29 is 4.74 Å². The Kier molecular flexibility index (Phi) is 4.58. The predicted molar refractivity (Wildman–Crippen MR) is 80.8 cm³/mol. The smallest absolute Gasteiger partial charge is 0.255 e. The molecule has 0 spiro atoms. The van der Waals surface area contributed by atoms with Gasteiger partial charge in [-0.3, -0.25) is 4.79 Å².